The van der Waals surface area contributed by atoms with E-state index in [1.54, 1.807) is 29.2 Å². The number of H-pyrrole nitrogens is 1. The third-order valence-electron chi connectivity index (χ3n) is 7.01. The lowest BCUT2D eigenvalue weighted by molar-refractivity contribution is 0.0936. The molecule has 2 amide bonds. The summed E-state index contributed by atoms with van der Waals surface area (Å²) in [4.78, 5) is 45.6. The number of aromatic amines is 1. The Morgan fingerprint density at radius 1 is 1.11 bits per heavy atom. The average Bonchev–Trinajstić information content (AvgIpc) is 3.46. The van der Waals surface area contributed by atoms with E-state index in [2.05, 4.69) is 10.3 Å². The van der Waals surface area contributed by atoms with E-state index in [-0.39, 0.29) is 28.9 Å². The molecule has 0 atom stereocenters. The predicted molar refractivity (Wildman–Crippen MR) is 145 cm³/mol. The summed E-state index contributed by atoms with van der Waals surface area (Å²) in [6.07, 6.45) is 0.689. The van der Waals surface area contributed by atoms with Crippen LogP contribution in [-0.2, 0) is 6.42 Å². The van der Waals surface area contributed by atoms with Gasteiger partial charge in [-0.15, -0.1) is 0 Å². The van der Waals surface area contributed by atoms with Crippen molar-refractivity contribution in [3.8, 4) is 5.75 Å². The smallest absolute Gasteiger partial charge is 0.274 e. The highest BCUT2D eigenvalue weighted by Crippen LogP contribution is 2.41. The number of likely N-dealkylation sites (N-methyl/N-ethyl adjacent to an activating group) is 1. The number of nitrogens with zero attached hydrogens (tertiary/aromatic N) is 2. The second-order valence-corrected chi connectivity index (χ2v) is 9.88. The molecule has 0 spiro atoms. The molecule has 0 bridgehead atoms. The van der Waals surface area contributed by atoms with Crippen LogP contribution in [0.3, 0.4) is 0 Å². The van der Waals surface area contributed by atoms with Crippen LogP contribution in [0.4, 0.5) is 5.69 Å². The number of hydrogen-bond donors (Lipinski definition) is 3. The largest absolute Gasteiger partial charge is 0.507 e. The molecule has 4 aromatic rings. The van der Waals surface area contributed by atoms with E-state index in [0.29, 0.717) is 53.9 Å². The summed E-state index contributed by atoms with van der Waals surface area (Å²) in [7, 11) is 3.83. The van der Waals surface area contributed by atoms with Crippen LogP contribution in [0.15, 0.2) is 42.5 Å². The lowest BCUT2D eigenvalue weighted by Crippen LogP contribution is -2.32. The Morgan fingerprint density at radius 3 is 2.62 bits per heavy atom. The van der Waals surface area contributed by atoms with Crippen molar-refractivity contribution < 1.29 is 19.5 Å². The van der Waals surface area contributed by atoms with Crippen LogP contribution in [0.1, 0.15) is 49.3 Å². The molecular formula is C29H30N4O4. The van der Waals surface area contributed by atoms with Gasteiger partial charge in [-0.2, -0.15) is 0 Å². The summed E-state index contributed by atoms with van der Waals surface area (Å²) >= 11 is 0. The number of phenols is 1. The van der Waals surface area contributed by atoms with Crippen molar-refractivity contribution in [2.45, 2.75) is 20.3 Å². The molecule has 8 heteroatoms. The van der Waals surface area contributed by atoms with E-state index in [4.69, 9.17) is 0 Å². The number of rotatable bonds is 6. The van der Waals surface area contributed by atoms with Gasteiger partial charge in [-0.3, -0.25) is 14.4 Å². The van der Waals surface area contributed by atoms with E-state index >= 15 is 0 Å². The van der Waals surface area contributed by atoms with Crippen LogP contribution in [-0.4, -0.2) is 66.3 Å². The second kappa shape index (κ2) is 9.37. The van der Waals surface area contributed by atoms with Crippen molar-refractivity contribution in [2.24, 2.45) is 0 Å². The summed E-state index contributed by atoms with van der Waals surface area (Å²) in [5.74, 6) is -0.643. The Bertz CT molecular complexity index is 1580. The van der Waals surface area contributed by atoms with E-state index in [1.807, 2.05) is 44.1 Å². The van der Waals surface area contributed by atoms with Gasteiger partial charge < -0.3 is 25.2 Å². The maximum Gasteiger partial charge on any atom is 0.274 e. The molecule has 0 aliphatic carbocycles. The molecule has 0 fully saturated rings. The van der Waals surface area contributed by atoms with Gasteiger partial charge >= 0.3 is 0 Å². The number of amides is 2. The minimum atomic E-state index is -0.331. The first kappa shape index (κ1) is 24.5. The Hall–Kier alpha value is -4.17. The van der Waals surface area contributed by atoms with E-state index in [1.165, 1.54) is 6.92 Å². The third-order valence-corrected chi connectivity index (χ3v) is 7.01. The minimum absolute atomic E-state index is 0.143. The van der Waals surface area contributed by atoms with E-state index in [9.17, 15) is 19.5 Å². The number of fused-ring (bicyclic) bond motifs is 4. The summed E-state index contributed by atoms with van der Waals surface area (Å²) in [6, 6.07) is 12.5. The highest BCUT2D eigenvalue weighted by molar-refractivity contribution is 6.13. The molecule has 3 aromatic carbocycles. The number of aromatic nitrogens is 1. The number of carbonyl (C=O) groups is 3. The van der Waals surface area contributed by atoms with Crippen LogP contribution in [0.2, 0.25) is 0 Å². The normalized spacial score (nSPS) is 12.9. The quantitative estimate of drug-likeness (QED) is 0.348. The number of phenolic OH excluding ortho intramolecular Hbond substituents is 1. The van der Waals surface area contributed by atoms with Gasteiger partial charge in [0.05, 0.1) is 11.3 Å². The topological polar surface area (TPSA) is 106 Å². The predicted octanol–water partition coefficient (Wildman–Crippen LogP) is 4.03. The highest BCUT2D eigenvalue weighted by Gasteiger charge is 2.30. The van der Waals surface area contributed by atoms with Crippen LogP contribution in [0.25, 0.3) is 21.7 Å². The summed E-state index contributed by atoms with van der Waals surface area (Å²) in [5.41, 5.74) is 4.34. The third kappa shape index (κ3) is 4.34. The molecule has 3 N–H and O–H groups in total. The molecule has 2 heterocycles. The van der Waals surface area contributed by atoms with Crippen LogP contribution in [0, 0.1) is 6.92 Å². The van der Waals surface area contributed by atoms with E-state index in [0.717, 1.165) is 21.9 Å². The zero-order valence-corrected chi connectivity index (χ0v) is 21.4. The first-order valence-corrected chi connectivity index (χ1v) is 12.3. The SMILES string of the molecule is CC(=O)c1cc2cc(C(=O)N3CCc4c3cc(O)c3cccc(C)c43)[nH]c2cc1C(=O)NCCN(C)C. The van der Waals surface area contributed by atoms with Gasteiger partial charge in [-0.1, -0.05) is 18.2 Å². The fourth-order valence-electron chi connectivity index (χ4n) is 5.16. The van der Waals surface area contributed by atoms with Gasteiger partial charge in [-0.05, 0) is 69.1 Å². The number of ketones is 1. The summed E-state index contributed by atoms with van der Waals surface area (Å²) < 4.78 is 0. The Kier molecular flexibility index (Phi) is 6.21. The molecule has 5 rings (SSSR count). The van der Waals surface area contributed by atoms with Gasteiger partial charge in [0.2, 0.25) is 0 Å². The van der Waals surface area contributed by atoms with Crippen LogP contribution in [0.5, 0.6) is 5.75 Å². The number of anilines is 1. The van der Waals surface area contributed by atoms with Crippen LogP contribution < -0.4 is 10.2 Å². The first-order valence-electron chi connectivity index (χ1n) is 12.3. The second-order valence-electron chi connectivity index (χ2n) is 9.88. The monoisotopic (exact) mass is 498 g/mol. The number of Topliss-reactive ketones (excluding diaryl/α,β-unsaturated/α-hetero) is 1. The first-order chi connectivity index (χ1) is 17.7. The standard InChI is InChI=1S/C29H30N4O4/c1-16-6-5-7-20-26(35)15-25-19(27(16)20)8-10-33(25)29(37)24-13-18-12-21(17(2)34)22(14-23(18)31-24)28(36)30-9-11-32(3)4/h5-7,12-15,31,35H,8-11H2,1-4H3,(H,30,36). The zero-order valence-electron chi connectivity index (χ0n) is 21.4. The molecule has 0 unspecified atom stereocenters. The lowest BCUT2D eigenvalue weighted by Gasteiger charge is -2.18. The fourth-order valence-corrected chi connectivity index (χ4v) is 5.16. The van der Waals surface area contributed by atoms with Crippen molar-refractivity contribution >= 4 is 45.0 Å². The highest BCUT2D eigenvalue weighted by atomic mass is 16.3. The van der Waals surface area contributed by atoms with Crippen LogP contribution >= 0.6 is 0 Å². The molecule has 8 nitrogen and oxygen atoms in total. The van der Waals surface area contributed by atoms with Gasteiger partial charge in [0.25, 0.3) is 11.8 Å². The lowest BCUT2D eigenvalue weighted by atomic mass is 9.97. The Balaban J connectivity index is 1.50. The molecule has 1 aliphatic heterocycles. The van der Waals surface area contributed by atoms with Crippen molar-refractivity contribution in [2.75, 3.05) is 38.6 Å². The molecule has 37 heavy (non-hydrogen) atoms. The fraction of sp³-hybridized carbons (Fsp3) is 0.276. The minimum Gasteiger partial charge on any atom is -0.507 e. The van der Waals surface area contributed by atoms with Gasteiger partial charge in [0.15, 0.2) is 5.78 Å². The van der Waals surface area contributed by atoms with Crippen molar-refractivity contribution in [3.63, 3.8) is 0 Å². The van der Waals surface area contributed by atoms with Gasteiger partial charge in [-0.25, -0.2) is 0 Å². The van der Waals surface area contributed by atoms with Gasteiger partial charge in [0.1, 0.15) is 11.4 Å². The van der Waals surface area contributed by atoms with Crippen molar-refractivity contribution in [3.05, 3.63) is 70.4 Å². The maximum absolute atomic E-state index is 13.6. The Morgan fingerprint density at radius 2 is 1.89 bits per heavy atom. The van der Waals surface area contributed by atoms with Crippen molar-refractivity contribution in [1.82, 2.24) is 15.2 Å². The number of carbonyl (C=O) groups excluding carboxylic acids is 3. The molecule has 1 aromatic heterocycles. The maximum atomic E-state index is 13.6. The average molecular weight is 499 g/mol. The molecule has 1 aliphatic rings. The Labute approximate surface area is 214 Å². The van der Waals surface area contributed by atoms with E-state index < -0.39 is 0 Å². The van der Waals surface area contributed by atoms with Crippen molar-refractivity contribution in [1.29, 1.82) is 0 Å². The molecular weight excluding hydrogens is 468 g/mol. The number of aromatic hydroxyl groups is 1. The summed E-state index contributed by atoms with van der Waals surface area (Å²) in [6.45, 7) is 5.05. The number of hydrogen-bond acceptors (Lipinski definition) is 5. The van der Waals surface area contributed by atoms with Gasteiger partial charge in [0, 0.05) is 47.6 Å². The molecule has 190 valence electrons. The molecule has 0 saturated carbocycles. The molecule has 0 saturated heterocycles. The number of aryl methyl sites for hydroxylation is 1. The molecule has 0 radical (unpaired) electrons. The summed E-state index contributed by atoms with van der Waals surface area (Å²) in [5, 5.41) is 16.0. The zero-order chi connectivity index (χ0) is 26.4. The number of benzene rings is 3. The number of nitrogens with one attached hydrogen (secondary N) is 2.